The van der Waals surface area contributed by atoms with Gasteiger partial charge in [-0.15, -0.1) is 0 Å². The Balaban J connectivity index is 0. The van der Waals surface area contributed by atoms with E-state index in [-0.39, 0.29) is 17.4 Å². The summed E-state index contributed by atoms with van der Waals surface area (Å²) in [5.74, 6) is -22.8. The van der Waals surface area contributed by atoms with Crippen molar-refractivity contribution in [2.24, 2.45) is 0 Å². The van der Waals surface area contributed by atoms with Crippen LogP contribution in [0.3, 0.4) is 0 Å². The molecule has 0 aromatic heterocycles. The first kappa shape index (κ1) is 50.9. The highest BCUT2D eigenvalue weighted by Crippen LogP contribution is 2.50. The first-order valence-electron chi connectivity index (χ1n) is 15.4. The maximum Gasteiger partial charge on any atom is 0.442 e. The molecule has 0 unspecified atom stereocenters. The van der Waals surface area contributed by atoms with Crippen LogP contribution in [0.2, 0.25) is 0 Å². The van der Waals surface area contributed by atoms with Crippen molar-refractivity contribution in [3.63, 3.8) is 0 Å². The SMILES string of the molecule is CC(F)(F)C(F)(F)C(F)(F)S(=O)(=O)F.CCN(CC)CC.CCN1CCN(S(=O)(=O)C(F)(F)C(F)(F)C(C)(F)F)CC1.CCN1CCNCC1. The predicted molar refractivity (Wildman–Crippen MR) is 162 cm³/mol. The maximum atomic E-state index is 13.6. The monoisotopic (exact) mass is 805 g/mol. The molecule has 2 aliphatic heterocycles. The van der Waals surface area contributed by atoms with Crippen LogP contribution in [0.4, 0.5) is 56.6 Å². The topological polar surface area (TPSA) is 93.3 Å². The average Bonchev–Trinajstić information content (AvgIpc) is 3.01. The zero-order valence-electron chi connectivity index (χ0n) is 28.8. The van der Waals surface area contributed by atoms with Gasteiger partial charge < -0.3 is 20.0 Å². The van der Waals surface area contributed by atoms with Crippen molar-refractivity contribution in [1.29, 1.82) is 0 Å². The first-order valence-corrected chi connectivity index (χ1v) is 18.2. The molecule has 0 bridgehead atoms. The van der Waals surface area contributed by atoms with Crippen LogP contribution < -0.4 is 5.32 Å². The molecule has 2 heterocycles. The summed E-state index contributed by atoms with van der Waals surface area (Å²) >= 11 is 0. The third-order valence-electron chi connectivity index (χ3n) is 7.58. The first-order chi connectivity index (χ1) is 22.3. The molecule has 0 amide bonds. The van der Waals surface area contributed by atoms with E-state index in [9.17, 15) is 73.4 Å². The van der Waals surface area contributed by atoms with Crippen LogP contribution in [0.15, 0.2) is 0 Å². The predicted octanol–water partition coefficient (Wildman–Crippen LogP) is 5.27. The lowest BCUT2D eigenvalue weighted by atomic mass is 10.2. The summed E-state index contributed by atoms with van der Waals surface area (Å²) in [6, 6.07) is 0. The smallest absolute Gasteiger partial charge is 0.314 e. The molecule has 1 N–H and O–H groups in total. The number of sulfonamides is 1. The molecular formula is C26H48F13N5O4S2. The van der Waals surface area contributed by atoms with E-state index in [2.05, 4.69) is 42.8 Å². The molecule has 0 saturated carbocycles. The van der Waals surface area contributed by atoms with E-state index < -0.39 is 81.4 Å². The van der Waals surface area contributed by atoms with Crippen LogP contribution in [-0.4, -0.2) is 155 Å². The molecule has 2 rings (SSSR count). The molecule has 2 saturated heterocycles. The molecule has 0 aliphatic carbocycles. The zero-order chi connectivity index (χ0) is 40.2. The van der Waals surface area contributed by atoms with E-state index in [4.69, 9.17) is 0 Å². The Morgan fingerprint density at radius 1 is 0.560 bits per heavy atom. The van der Waals surface area contributed by atoms with E-state index in [0.29, 0.717) is 6.54 Å². The van der Waals surface area contributed by atoms with Gasteiger partial charge in [-0.1, -0.05) is 38.5 Å². The molecule has 2 fully saturated rings. The van der Waals surface area contributed by atoms with Crippen LogP contribution >= 0.6 is 0 Å². The average molecular weight is 806 g/mol. The van der Waals surface area contributed by atoms with Gasteiger partial charge in [-0.05, 0) is 32.7 Å². The Morgan fingerprint density at radius 3 is 1.10 bits per heavy atom. The van der Waals surface area contributed by atoms with Gasteiger partial charge in [0.1, 0.15) is 0 Å². The van der Waals surface area contributed by atoms with Crippen molar-refractivity contribution < 1.29 is 73.4 Å². The number of likely N-dealkylation sites (N-methyl/N-ethyl adjacent to an activating group) is 2. The molecule has 0 aromatic rings. The Morgan fingerprint density at radius 2 is 0.880 bits per heavy atom. The minimum Gasteiger partial charge on any atom is -0.314 e. The second kappa shape index (κ2) is 19.7. The Bertz CT molecular complexity index is 1180. The highest BCUT2D eigenvalue weighted by Gasteiger charge is 2.77. The third-order valence-corrected chi connectivity index (χ3v) is 10.4. The van der Waals surface area contributed by atoms with Gasteiger partial charge in [-0.25, -0.2) is 8.42 Å². The lowest BCUT2D eigenvalue weighted by molar-refractivity contribution is -0.272. The number of halogens is 13. The highest BCUT2D eigenvalue weighted by molar-refractivity contribution is 7.90. The normalized spacial score (nSPS) is 18.3. The zero-order valence-corrected chi connectivity index (χ0v) is 30.5. The fourth-order valence-electron chi connectivity index (χ4n) is 3.97. The number of hydrogen-bond donors (Lipinski definition) is 1. The number of hydrogen-bond acceptors (Lipinski definition) is 8. The number of alkyl halides is 12. The van der Waals surface area contributed by atoms with Gasteiger partial charge in [0.2, 0.25) is 0 Å². The fourth-order valence-corrected chi connectivity index (χ4v) is 5.93. The molecule has 2 aliphatic rings. The minimum absolute atomic E-state index is 0.0693. The van der Waals surface area contributed by atoms with Crippen LogP contribution in [0.1, 0.15) is 48.5 Å². The van der Waals surface area contributed by atoms with Crippen molar-refractivity contribution in [3.8, 4) is 0 Å². The largest absolute Gasteiger partial charge is 0.442 e. The fraction of sp³-hybridized carbons (Fsp3) is 1.00. The van der Waals surface area contributed by atoms with E-state index in [1.54, 1.807) is 11.8 Å². The van der Waals surface area contributed by atoms with Gasteiger partial charge in [0.05, 0.1) is 0 Å². The number of rotatable bonds is 12. The van der Waals surface area contributed by atoms with E-state index in [0.717, 1.165) is 0 Å². The Hall–Kier alpha value is -1.21. The van der Waals surface area contributed by atoms with Crippen LogP contribution in [0.5, 0.6) is 0 Å². The summed E-state index contributed by atoms with van der Waals surface area (Å²) in [6.07, 6.45) is 0. The van der Waals surface area contributed by atoms with Crippen LogP contribution in [0, 0.1) is 0 Å². The summed E-state index contributed by atoms with van der Waals surface area (Å²) in [7, 11) is -13.0. The summed E-state index contributed by atoms with van der Waals surface area (Å²) < 4.78 is 205. The van der Waals surface area contributed by atoms with Crippen LogP contribution in [-0.2, 0) is 20.2 Å². The molecule has 304 valence electrons. The van der Waals surface area contributed by atoms with Crippen molar-refractivity contribution in [2.75, 3.05) is 85.1 Å². The Labute approximate surface area is 285 Å². The molecule has 24 heteroatoms. The maximum absolute atomic E-state index is 13.6. The van der Waals surface area contributed by atoms with E-state index >= 15 is 0 Å². The van der Waals surface area contributed by atoms with Gasteiger partial charge in [0.25, 0.3) is 10.0 Å². The molecule has 0 radical (unpaired) electrons. The lowest BCUT2D eigenvalue weighted by Gasteiger charge is -2.37. The lowest BCUT2D eigenvalue weighted by Crippen LogP contribution is -2.62. The van der Waals surface area contributed by atoms with E-state index in [1.807, 2.05) is 0 Å². The summed E-state index contributed by atoms with van der Waals surface area (Å²) in [4.78, 5) is 6.55. The summed E-state index contributed by atoms with van der Waals surface area (Å²) in [5.41, 5.74) is 0. The van der Waals surface area contributed by atoms with Crippen molar-refractivity contribution in [1.82, 2.24) is 24.3 Å². The molecule has 0 aromatic carbocycles. The van der Waals surface area contributed by atoms with Gasteiger partial charge in [0, 0.05) is 66.2 Å². The minimum atomic E-state index is -7.11. The van der Waals surface area contributed by atoms with Gasteiger partial charge in [-0.2, -0.15) is 65.4 Å². The summed E-state index contributed by atoms with van der Waals surface area (Å²) in [6.45, 7) is 18.8. The second-order valence-electron chi connectivity index (χ2n) is 11.0. The Kier molecular flexibility index (Phi) is 20.1. The molecular weight excluding hydrogens is 757 g/mol. The highest BCUT2D eigenvalue weighted by atomic mass is 32.3. The molecule has 0 atom stereocenters. The standard InChI is InChI=1S/C10H16F6N2O2S.C6H14N2.C6H15N.C4H3F7O2S/c1-3-17-4-6-18(7-5-17)21(19,20)10(15,16)9(13,14)8(2,11)12;1-2-8-5-3-7-4-6-8;1-4-7(5-2)6-3;1-2(5,6)3(7,8)4(9,10)14(11,12)13/h3-7H2,1-2H3;7H,2-6H2,1H3;4-6H2,1-3H3;1H3. The van der Waals surface area contributed by atoms with E-state index in [1.165, 1.54) is 52.4 Å². The van der Waals surface area contributed by atoms with Gasteiger partial charge >= 0.3 is 44.4 Å². The number of piperazine rings is 2. The molecule has 9 nitrogen and oxygen atoms in total. The number of nitrogens with zero attached hydrogens (tertiary/aromatic N) is 4. The van der Waals surface area contributed by atoms with Gasteiger partial charge in [0.15, 0.2) is 0 Å². The second-order valence-corrected chi connectivity index (χ2v) is 14.4. The van der Waals surface area contributed by atoms with Gasteiger partial charge in [-0.3, -0.25) is 0 Å². The van der Waals surface area contributed by atoms with Crippen molar-refractivity contribution in [2.45, 2.75) is 82.7 Å². The van der Waals surface area contributed by atoms with Crippen molar-refractivity contribution in [3.05, 3.63) is 0 Å². The molecule has 50 heavy (non-hydrogen) atoms. The summed E-state index contributed by atoms with van der Waals surface area (Å²) in [5, 5.41) is -9.04. The van der Waals surface area contributed by atoms with Crippen LogP contribution in [0.25, 0.3) is 0 Å². The third kappa shape index (κ3) is 13.0. The van der Waals surface area contributed by atoms with Crippen molar-refractivity contribution >= 4 is 20.2 Å². The number of nitrogens with one attached hydrogen (secondary N) is 1. The molecule has 0 spiro atoms. The quantitative estimate of drug-likeness (QED) is 0.211.